The number of amides is 4. The van der Waals surface area contributed by atoms with E-state index in [0.717, 1.165) is 23.4 Å². The number of nitrogens with zero attached hydrogens (tertiary/aromatic N) is 2. The highest BCUT2D eigenvalue weighted by molar-refractivity contribution is 7.89. The molecule has 33 heavy (non-hydrogen) atoms. The molecule has 4 amide bonds. The van der Waals surface area contributed by atoms with Gasteiger partial charge in [-0.05, 0) is 55.7 Å². The zero-order valence-electron chi connectivity index (χ0n) is 18.7. The Labute approximate surface area is 193 Å². The van der Waals surface area contributed by atoms with Crippen molar-refractivity contribution in [2.24, 2.45) is 5.92 Å². The largest absolute Gasteiger partial charge is 0.379 e. The van der Waals surface area contributed by atoms with Crippen LogP contribution in [0.5, 0.6) is 0 Å². The first kappa shape index (κ1) is 23.7. The molecule has 0 unspecified atom stereocenters. The van der Waals surface area contributed by atoms with Crippen LogP contribution in [-0.2, 0) is 30.8 Å². The van der Waals surface area contributed by atoms with Crippen molar-refractivity contribution in [2.75, 3.05) is 26.3 Å². The monoisotopic (exact) mass is 478 g/mol. The van der Waals surface area contributed by atoms with Crippen molar-refractivity contribution < 1.29 is 27.5 Å². The van der Waals surface area contributed by atoms with E-state index in [0.29, 0.717) is 51.5 Å². The minimum atomic E-state index is -3.57. The summed E-state index contributed by atoms with van der Waals surface area (Å²) in [4.78, 5) is 37.8. The second-order valence-electron chi connectivity index (χ2n) is 9.03. The van der Waals surface area contributed by atoms with Crippen molar-refractivity contribution in [3.8, 4) is 0 Å². The number of ether oxygens (including phenoxy) is 1. The third-order valence-electron chi connectivity index (χ3n) is 6.70. The van der Waals surface area contributed by atoms with E-state index in [-0.39, 0.29) is 11.3 Å². The Balaban J connectivity index is 1.31. The van der Waals surface area contributed by atoms with Gasteiger partial charge in [-0.15, -0.1) is 0 Å². The molecule has 2 N–H and O–H groups in total. The molecule has 1 saturated carbocycles. The van der Waals surface area contributed by atoms with Crippen LogP contribution in [0.15, 0.2) is 29.2 Å². The van der Waals surface area contributed by atoms with Crippen molar-refractivity contribution in [3.05, 3.63) is 29.8 Å². The fraction of sp³-hybridized carbons (Fsp3) is 0.591. The van der Waals surface area contributed by atoms with Crippen LogP contribution in [0.2, 0.25) is 0 Å². The van der Waals surface area contributed by atoms with Gasteiger partial charge in [0.05, 0.1) is 18.1 Å². The smallest absolute Gasteiger partial charge is 0.344 e. The highest BCUT2D eigenvalue weighted by Gasteiger charge is 2.52. The predicted octanol–water partition coefficient (Wildman–Crippen LogP) is 1.17. The molecule has 0 aromatic heterocycles. The maximum atomic E-state index is 12.8. The molecule has 2 aliphatic heterocycles. The summed E-state index contributed by atoms with van der Waals surface area (Å²) in [7, 11) is -3.57. The first-order chi connectivity index (χ1) is 15.7. The van der Waals surface area contributed by atoms with E-state index >= 15 is 0 Å². The van der Waals surface area contributed by atoms with Gasteiger partial charge in [0.15, 0.2) is 0 Å². The number of imide groups is 1. The van der Waals surface area contributed by atoms with Crippen LogP contribution in [0, 0.1) is 5.92 Å². The van der Waals surface area contributed by atoms with Crippen LogP contribution in [0.25, 0.3) is 0 Å². The molecule has 0 atom stereocenters. The van der Waals surface area contributed by atoms with Gasteiger partial charge in [0.2, 0.25) is 15.9 Å². The zero-order valence-corrected chi connectivity index (χ0v) is 19.5. The van der Waals surface area contributed by atoms with Gasteiger partial charge in [0, 0.05) is 19.5 Å². The maximum Gasteiger partial charge on any atom is 0.344 e. The molecule has 2 saturated heterocycles. The van der Waals surface area contributed by atoms with Gasteiger partial charge in [0.25, 0.3) is 5.91 Å². The van der Waals surface area contributed by atoms with Gasteiger partial charge in [-0.3, -0.25) is 15.0 Å². The number of hydrogen-bond acceptors (Lipinski definition) is 6. The molecule has 1 spiro atoms. The van der Waals surface area contributed by atoms with Crippen molar-refractivity contribution in [3.63, 3.8) is 0 Å². The van der Waals surface area contributed by atoms with Gasteiger partial charge < -0.3 is 10.1 Å². The zero-order chi connectivity index (χ0) is 23.6. The van der Waals surface area contributed by atoms with E-state index in [9.17, 15) is 22.8 Å². The number of rotatable bonds is 6. The average Bonchev–Trinajstić information content (AvgIpc) is 3.04. The molecule has 0 radical (unpaired) electrons. The van der Waals surface area contributed by atoms with E-state index in [1.165, 1.54) is 16.4 Å². The van der Waals surface area contributed by atoms with Crippen LogP contribution >= 0.6 is 0 Å². The third kappa shape index (κ3) is 4.90. The number of nitrogens with one attached hydrogen (secondary N) is 2. The van der Waals surface area contributed by atoms with Crippen LogP contribution in [0.1, 0.15) is 44.6 Å². The van der Waals surface area contributed by atoms with Gasteiger partial charge in [-0.1, -0.05) is 19.1 Å². The van der Waals surface area contributed by atoms with Crippen molar-refractivity contribution in [1.82, 2.24) is 20.1 Å². The number of carbonyl (C=O) groups is 3. The number of benzene rings is 1. The van der Waals surface area contributed by atoms with E-state index in [1.807, 2.05) is 0 Å². The summed E-state index contributed by atoms with van der Waals surface area (Å²) in [6.07, 6.45) is 3.25. The first-order valence-electron chi connectivity index (χ1n) is 11.3. The summed E-state index contributed by atoms with van der Waals surface area (Å²) >= 11 is 0. The number of urea groups is 1. The second kappa shape index (κ2) is 9.40. The lowest BCUT2D eigenvalue weighted by Gasteiger charge is -2.33. The molecule has 1 aromatic rings. The minimum Gasteiger partial charge on any atom is -0.379 e. The fourth-order valence-electron chi connectivity index (χ4n) is 4.52. The van der Waals surface area contributed by atoms with Crippen molar-refractivity contribution >= 4 is 27.9 Å². The number of carbonyl (C=O) groups excluding carboxylic acids is 3. The molecule has 1 aliphatic carbocycles. The number of hydrazine groups is 1. The number of morpholine rings is 1. The predicted molar refractivity (Wildman–Crippen MR) is 118 cm³/mol. The van der Waals surface area contributed by atoms with Gasteiger partial charge >= 0.3 is 6.03 Å². The lowest BCUT2D eigenvalue weighted by molar-refractivity contribution is -0.140. The summed E-state index contributed by atoms with van der Waals surface area (Å²) in [6, 6.07) is 5.81. The molecule has 3 aliphatic rings. The topological polar surface area (TPSA) is 125 Å². The van der Waals surface area contributed by atoms with Crippen LogP contribution < -0.4 is 10.7 Å². The third-order valence-corrected chi connectivity index (χ3v) is 8.61. The highest BCUT2D eigenvalue weighted by Crippen LogP contribution is 2.35. The summed E-state index contributed by atoms with van der Waals surface area (Å²) in [5.41, 5.74) is 2.30. The van der Waals surface area contributed by atoms with Gasteiger partial charge in [0.1, 0.15) is 5.54 Å². The first-order valence-corrected chi connectivity index (χ1v) is 12.8. The summed E-state index contributed by atoms with van der Waals surface area (Å²) in [5.74, 6) is -0.339. The van der Waals surface area contributed by atoms with Crippen LogP contribution in [-0.4, -0.2) is 67.4 Å². The molecule has 0 bridgehead atoms. The number of aryl methyl sites for hydroxylation is 1. The Bertz CT molecular complexity index is 1010. The second-order valence-corrected chi connectivity index (χ2v) is 11.0. The molecule has 2 heterocycles. The maximum absolute atomic E-state index is 12.8. The van der Waals surface area contributed by atoms with E-state index in [1.54, 1.807) is 12.1 Å². The lowest BCUT2D eigenvalue weighted by atomic mass is 9.77. The van der Waals surface area contributed by atoms with Gasteiger partial charge in [-0.2, -0.15) is 9.31 Å². The molecular formula is C22H30N4O6S. The molecular weight excluding hydrogens is 448 g/mol. The summed E-state index contributed by atoms with van der Waals surface area (Å²) in [5, 5.41) is 3.57. The molecule has 1 aromatic carbocycles. The Morgan fingerprint density at radius 3 is 2.42 bits per heavy atom. The average molecular weight is 479 g/mol. The fourth-order valence-corrected chi connectivity index (χ4v) is 5.93. The van der Waals surface area contributed by atoms with Crippen LogP contribution in [0.4, 0.5) is 4.79 Å². The Hall–Kier alpha value is -2.50. The molecule has 4 rings (SSSR count). The quantitative estimate of drug-likeness (QED) is 0.592. The van der Waals surface area contributed by atoms with Crippen molar-refractivity contribution in [2.45, 2.75) is 55.9 Å². The molecule has 10 nitrogen and oxygen atoms in total. The number of hydrogen-bond donors (Lipinski definition) is 2. The van der Waals surface area contributed by atoms with E-state index in [2.05, 4.69) is 17.7 Å². The van der Waals surface area contributed by atoms with Crippen molar-refractivity contribution in [1.29, 1.82) is 0 Å². The van der Waals surface area contributed by atoms with E-state index < -0.39 is 33.4 Å². The minimum absolute atomic E-state index is 0.0522. The molecule has 3 fully saturated rings. The lowest BCUT2D eigenvalue weighted by Crippen LogP contribution is -2.51. The molecule has 180 valence electrons. The normalized spacial score (nSPS) is 26.5. The Kier molecular flexibility index (Phi) is 6.73. The Morgan fingerprint density at radius 2 is 1.79 bits per heavy atom. The number of sulfonamides is 1. The SMILES string of the molecule is CC1CCC2(CC1)NC(=O)N(NC(=O)CCc1ccc(S(=O)(=O)N3CCOCC3)cc1)C2=O. The summed E-state index contributed by atoms with van der Waals surface area (Å²) in [6.45, 7) is 3.54. The molecule has 11 heteroatoms. The highest BCUT2D eigenvalue weighted by atomic mass is 32.2. The Morgan fingerprint density at radius 1 is 1.15 bits per heavy atom. The summed E-state index contributed by atoms with van der Waals surface area (Å²) < 4.78 is 32.0. The van der Waals surface area contributed by atoms with E-state index in [4.69, 9.17) is 4.74 Å². The standard InChI is InChI=1S/C22H30N4O6S/c1-16-8-10-22(11-9-16)20(28)26(21(29)23-22)24-19(27)7-4-17-2-5-18(6-3-17)33(30,31)25-12-14-32-15-13-25/h2-3,5-6,16H,4,7-15H2,1H3,(H,23,29)(H,24,27). The van der Waals surface area contributed by atoms with Gasteiger partial charge in [-0.25, -0.2) is 13.2 Å². The van der Waals surface area contributed by atoms with Crippen LogP contribution in [0.3, 0.4) is 0 Å².